The fourth-order valence-corrected chi connectivity index (χ4v) is 4.46. The molecule has 0 unspecified atom stereocenters. The molecule has 0 bridgehead atoms. The molecule has 17 nitrogen and oxygen atoms in total. The lowest BCUT2D eigenvalue weighted by atomic mass is 9.94. The highest BCUT2D eigenvalue weighted by atomic mass is 16.7. The predicted octanol–water partition coefficient (Wildman–Crippen LogP) is -7.43. The second kappa shape index (κ2) is 12.8. The molecule has 37 heavy (non-hydrogen) atoms. The van der Waals surface area contributed by atoms with Crippen molar-refractivity contribution >= 4 is 5.91 Å². The third-order valence-electron chi connectivity index (χ3n) is 6.49. The first-order valence-corrected chi connectivity index (χ1v) is 11.6. The highest BCUT2D eigenvalue weighted by Crippen LogP contribution is 2.32. The summed E-state index contributed by atoms with van der Waals surface area (Å²) in [4.78, 5) is 11.9. The van der Waals surface area contributed by atoms with Crippen LogP contribution in [0.1, 0.15) is 6.92 Å². The highest BCUT2D eigenvalue weighted by molar-refractivity contribution is 5.73. The van der Waals surface area contributed by atoms with Gasteiger partial charge in [0.1, 0.15) is 73.2 Å². The minimum atomic E-state index is -1.84. The van der Waals surface area contributed by atoms with E-state index < -0.39 is 118 Å². The third kappa shape index (κ3) is 6.38. The first-order valence-electron chi connectivity index (χ1n) is 11.6. The van der Waals surface area contributed by atoms with Gasteiger partial charge in [0.2, 0.25) is 5.91 Å². The van der Waals surface area contributed by atoms with Crippen LogP contribution in [0.3, 0.4) is 0 Å². The molecule has 0 aromatic carbocycles. The molecule has 0 aromatic rings. The van der Waals surface area contributed by atoms with E-state index in [1.165, 1.54) is 0 Å². The van der Waals surface area contributed by atoms with Gasteiger partial charge in [-0.2, -0.15) is 0 Å². The molecule has 15 atom stereocenters. The summed E-state index contributed by atoms with van der Waals surface area (Å²) in [6.45, 7) is -1.23. The number of aliphatic hydroxyl groups excluding tert-OH is 10. The maximum Gasteiger partial charge on any atom is 0.217 e. The topological polar surface area (TPSA) is 278 Å². The predicted molar refractivity (Wildman–Crippen MR) is 113 cm³/mol. The van der Waals surface area contributed by atoms with E-state index in [1.807, 2.05) is 0 Å². The SMILES string of the molecule is CC(=O)N[C@H]1[C@H](O[C@H]2[C@H](O)[C@H](O)[C@@H](O)O[C@@H]2CO)O[C@H](CO)[C@@H](O[C@@H]2O[C@H](CO)[C@H](O)[C@H](O)[C@H]2O)[C@@H]1O. The fourth-order valence-electron chi connectivity index (χ4n) is 4.46. The maximum atomic E-state index is 11.9. The molecule has 3 aliphatic rings. The summed E-state index contributed by atoms with van der Waals surface area (Å²) in [5.74, 6) is -0.676. The number of hydrogen-bond acceptors (Lipinski definition) is 16. The molecule has 3 fully saturated rings. The van der Waals surface area contributed by atoms with Gasteiger partial charge in [-0.25, -0.2) is 0 Å². The van der Waals surface area contributed by atoms with Gasteiger partial charge in [-0.3, -0.25) is 4.79 Å². The van der Waals surface area contributed by atoms with E-state index >= 15 is 0 Å². The molecule has 0 aliphatic carbocycles. The van der Waals surface area contributed by atoms with Crippen molar-refractivity contribution in [2.45, 2.75) is 99.0 Å². The Hall–Kier alpha value is -1.13. The van der Waals surface area contributed by atoms with Gasteiger partial charge in [-0.1, -0.05) is 0 Å². The number of carbonyl (C=O) groups excluding carboxylic acids is 1. The molecule has 0 saturated carbocycles. The minimum Gasteiger partial charge on any atom is -0.394 e. The van der Waals surface area contributed by atoms with E-state index in [0.29, 0.717) is 0 Å². The number of ether oxygens (including phenoxy) is 5. The van der Waals surface area contributed by atoms with E-state index in [-0.39, 0.29) is 0 Å². The Morgan fingerprint density at radius 3 is 1.73 bits per heavy atom. The minimum absolute atomic E-state index is 0.676. The molecular formula is C20H35NO16. The summed E-state index contributed by atoms with van der Waals surface area (Å²) in [5.41, 5.74) is 0. The average molecular weight is 545 g/mol. The van der Waals surface area contributed by atoms with Crippen molar-refractivity contribution in [1.82, 2.24) is 5.32 Å². The van der Waals surface area contributed by atoms with Crippen LogP contribution >= 0.6 is 0 Å². The lowest BCUT2D eigenvalue weighted by molar-refractivity contribution is -0.365. The molecule has 3 rings (SSSR count). The third-order valence-corrected chi connectivity index (χ3v) is 6.49. The van der Waals surface area contributed by atoms with E-state index in [2.05, 4.69) is 5.32 Å². The van der Waals surface area contributed by atoms with Crippen molar-refractivity contribution in [3.63, 3.8) is 0 Å². The largest absolute Gasteiger partial charge is 0.394 e. The number of nitrogens with one attached hydrogen (secondary N) is 1. The quantitative estimate of drug-likeness (QED) is 0.135. The van der Waals surface area contributed by atoms with Crippen LogP contribution in [0.25, 0.3) is 0 Å². The Morgan fingerprint density at radius 1 is 0.649 bits per heavy atom. The second-order valence-corrected chi connectivity index (χ2v) is 9.07. The van der Waals surface area contributed by atoms with Crippen LogP contribution in [0.4, 0.5) is 0 Å². The molecule has 0 spiro atoms. The Balaban J connectivity index is 1.83. The van der Waals surface area contributed by atoms with E-state index in [9.17, 15) is 55.9 Å². The molecule has 0 aromatic heterocycles. The van der Waals surface area contributed by atoms with Crippen molar-refractivity contribution in [2.75, 3.05) is 19.8 Å². The Bertz CT molecular complexity index is 743. The van der Waals surface area contributed by atoms with Crippen LogP contribution in [0.5, 0.6) is 0 Å². The van der Waals surface area contributed by atoms with Crippen LogP contribution in [0.2, 0.25) is 0 Å². The number of amides is 1. The van der Waals surface area contributed by atoms with Crippen molar-refractivity contribution in [3.8, 4) is 0 Å². The van der Waals surface area contributed by atoms with Gasteiger partial charge in [-0.15, -0.1) is 0 Å². The summed E-state index contributed by atoms with van der Waals surface area (Å²) >= 11 is 0. The Morgan fingerprint density at radius 2 is 1.16 bits per heavy atom. The van der Waals surface area contributed by atoms with Crippen LogP contribution in [0, 0.1) is 0 Å². The van der Waals surface area contributed by atoms with Crippen molar-refractivity contribution in [1.29, 1.82) is 0 Å². The molecule has 3 heterocycles. The summed E-state index contributed by atoms with van der Waals surface area (Å²) in [7, 11) is 0. The fraction of sp³-hybridized carbons (Fsp3) is 0.950. The summed E-state index contributed by atoms with van der Waals surface area (Å²) in [6.07, 6.45) is -23.1. The van der Waals surface area contributed by atoms with Crippen molar-refractivity contribution < 1.29 is 79.5 Å². The summed E-state index contributed by atoms with van der Waals surface area (Å²) in [6, 6.07) is -1.47. The Kier molecular flexibility index (Phi) is 10.5. The van der Waals surface area contributed by atoms with Gasteiger partial charge in [0.15, 0.2) is 18.9 Å². The normalized spacial score (nSPS) is 49.0. The summed E-state index contributed by atoms with van der Waals surface area (Å²) < 4.78 is 27.2. The van der Waals surface area contributed by atoms with Crippen molar-refractivity contribution in [2.24, 2.45) is 0 Å². The molecule has 3 saturated heterocycles. The van der Waals surface area contributed by atoms with Gasteiger partial charge in [0, 0.05) is 6.92 Å². The van der Waals surface area contributed by atoms with Crippen LogP contribution < -0.4 is 5.32 Å². The van der Waals surface area contributed by atoms with Gasteiger partial charge in [-0.05, 0) is 0 Å². The first kappa shape index (κ1) is 30.4. The molecule has 0 radical (unpaired) electrons. The van der Waals surface area contributed by atoms with Gasteiger partial charge < -0.3 is 80.1 Å². The molecule has 17 heteroatoms. The lowest BCUT2D eigenvalue weighted by Crippen LogP contribution is -2.69. The lowest BCUT2D eigenvalue weighted by Gasteiger charge is -2.49. The van der Waals surface area contributed by atoms with Gasteiger partial charge in [0.05, 0.1) is 19.8 Å². The van der Waals surface area contributed by atoms with Crippen LogP contribution in [-0.2, 0) is 28.5 Å². The highest BCUT2D eigenvalue weighted by Gasteiger charge is 2.53. The number of hydrogen-bond donors (Lipinski definition) is 11. The first-order chi connectivity index (χ1) is 17.4. The maximum absolute atomic E-state index is 11.9. The van der Waals surface area contributed by atoms with Crippen LogP contribution in [-0.4, -0.2) is 169 Å². The molecule has 3 aliphatic heterocycles. The average Bonchev–Trinajstić information content (AvgIpc) is 2.87. The van der Waals surface area contributed by atoms with Crippen LogP contribution in [0.15, 0.2) is 0 Å². The zero-order valence-corrected chi connectivity index (χ0v) is 19.7. The molecule has 216 valence electrons. The van der Waals surface area contributed by atoms with E-state index in [0.717, 1.165) is 6.92 Å². The summed E-state index contributed by atoms with van der Waals surface area (Å²) in [5, 5.41) is 103. The number of carbonyl (C=O) groups is 1. The molecule has 11 N–H and O–H groups in total. The second-order valence-electron chi connectivity index (χ2n) is 9.07. The van der Waals surface area contributed by atoms with Gasteiger partial charge in [0.25, 0.3) is 0 Å². The van der Waals surface area contributed by atoms with E-state index in [1.54, 1.807) is 0 Å². The Labute approximate surface area is 210 Å². The zero-order chi connectivity index (χ0) is 27.6. The molecular weight excluding hydrogens is 510 g/mol. The molecule has 1 amide bonds. The standard InChI is InChI=1S/C20H35NO16/c1-5(25)21-9-11(27)16(37-20-15(31)12(28)10(26)6(2-22)34-20)8(4-24)35-19(9)36-17-7(3-23)33-18(32)14(30)13(17)29/h6-20,22-24,26-32H,2-4H2,1H3,(H,21,25)/t6-,7-,8-,9-,10+,11-,12+,13-,14+,15-,16-,17-,18+,19+,20+/m1/s1. The van der Waals surface area contributed by atoms with E-state index in [4.69, 9.17) is 23.7 Å². The monoisotopic (exact) mass is 545 g/mol. The van der Waals surface area contributed by atoms with Crippen molar-refractivity contribution in [3.05, 3.63) is 0 Å². The number of rotatable bonds is 8. The number of aliphatic hydroxyl groups is 10. The van der Waals surface area contributed by atoms with Gasteiger partial charge >= 0.3 is 0 Å². The zero-order valence-electron chi connectivity index (χ0n) is 19.7. The smallest absolute Gasteiger partial charge is 0.217 e.